The molecule has 3 rings (SSSR count). The first-order chi connectivity index (χ1) is 12.1. The van der Waals surface area contributed by atoms with Crippen molar-refractivity contribution in [1.29, 1.82) is 0 Å². The van der Waals surface area contributed by atoms with Gasteiger partial charge in [-0.1, -0.05) is 6.08 Å². The molecule has 0 unspecified atom stereocenters. The van der Waals surface area contributed by atoms with Crippen LogP contribution in [-0.2, 0) is 0 Å². The van der Waals surface area contributed by atoms with E-state index >= 15 is 0 Å². The van der Waals surface area contributed by atoms with Gasteiger partial charge in [0.05, 0.1) is 11.9 Å². The van der Waals surface area contributed by atoms with Crippen molar-refractivity contribution in [2.45, 2.75) is 0 Å². The van der Waals surface area contributed by atoms with Crippen molar-refractivity contribution in [2.24, 2.45) is 0 Å². The Morgan fingerprint density at radius 1 is 1.32 bits per heavy atom. The lowest BCUT2D eigenvalue weighted by Gasteiger charge is -2.06. The van der Waals surface area contributed by atoms with E-state index in [0.717, 1.165) is 11.3 Å². The Labute approximate surface area is 146 Å². The van der Waals surface area contributed by atoms with Gasteiger partial charge in [-0.25, -0.2) is 19.6 Å². The van der Waals surface area contributed by atoms with E-state index in [4.69, 9.17) is 5.11 Å². The minimum absolute atomic E-state index is 0.221. The van der Waals surface area contributed by atoms with Crippen LogP contribution in [0.1, 0.15) is 9.67 Å². The molecule has 126 valence electrons. The third-order valence-electron chi connectivity index (χ3n) is 3.16. The van der Waals surface area contributed by atoms with Gasteiger partial charge in [-0.15, -0.1) is 17.9 Å². The summed E-state index contributed by atoms with van der Waals surface area (Å²) in [4.78, 5) is 35.8. The number of anilines is 1. The lowest BCUT2D eigenvalue weighted by molar-refractivity contribution is 0.0702. The molecule has 25 heavy (non-hydrogen) atoms. The Bertz CT molecular complexity index is 969. The summed E-state index contributed by atoms with van der Waals surface area (Å²) in [5.41, 5.74) is 2.08. The number of aromatic carboxylic acids is 1. The maximum Gasteiger partial charge on any atom is 0.345 e. The van der Waals surface area contributed by atoms with E-state index in [0.29, 0.717) is 34.8 Å². The number of urea groups is 1. The molecule has 0 fully saturated rings. The number of hydrogen-bond donors (Lipinski definition) is 3. The number of carboxylic acids is 1. The van der Waals surface area contributed by atoms with Crippen LogP contribution in [-0.4, -0.2) is 38.6 Å². The van der Waals surface area contributed by atoms with E-state index in [1.54, 1.807) is 29.8 Å². The molecule has 3 aromatic heterocycles. The van der Waals surface area contributed by atoms with E-state index < -0.39 is 12.0 Å². The van der Waals surface area contributed by atoms with Crippen molar-refractivity contribution >= 4 is 40.3 Å². The molecule has 3 heterocycles. The fourth-order valence-corrected chi connectivity index (χ4v) is 2.75. The molecule has 0 atom stereocenters. The molecule has 0 radical (unpaired) electrons. The summed E-state index contributed by atoms with van der Waals surface area (Å²) in [7, 11) is 0. The summed E-state index contributed by atoms with van der Waals surface area (Å²) in [5.74, 6) is -0.655. The maximum atomic E-state index is 11.7. The Kier molecular flexibility index (Phi) is 4.66. The molecule has 9 heteroatoms. The fourth-order valence-electron chi connectivity index (χ4n) is 2.01. The summed E-state index contributed by atoms with van der Waals surface area (Å²) < 4.78 is 0. The SMILES string of the molecule is C=CCNC(=O)Nc1ccc2ncc(-c3csc(C(=O)O)c3)nc2n1. The lowest BCUT2D eigenvalue weighted by Crippen LogP contribution is -2.28. The summed E-state index contributed by atoms with van der Waals surface area (Å²) in [6.07, 6.45) is 3.12. The number of rotatable bonds is 5. The second kappa shape index (κ2) is 7.05. The quantitative estimate of drug-likeness (QED) is 0.606. The Morgan fingerprint density at radius 2 is 2.16 bits per heavy atom. The predicted molar refractivity (Wildman–Crippen MR) is 94.8 cm³/mol. The Morgan fingerprint density at radius 3 is 2.88 bits per heavy atom. The molecule has 0 aromatic carbocycles. The number of pyridine rings is 1. The highest BCUT2D eigenvalue weighted by atomic mass is 32.1. The molecule has 2 amide bonds. The van der Waals surface area contributed by atoms with E-state index in [9.17, 15) is 9.59 Å². The Hall–Kier alpha value is -3.33. The number of fused-ring (bicyclic) bond motifs is 1. The highest BCUT2D eigenvalue weighted by Gasteiger charge is 2.11. The van der Waals surface area contributed by atoms with Gasteiger partial charge in [0.2, 0.25) is 0 Å². The van der Waals surface area contributed by atoms with Gasteiger partial charge in [-0.2, -0.15) is 0 Å². The second-order valence-corrected chi connectivity index (χ2v) is 5.83. The zero-order chi connectivity index (χ0) is 17.8. The third-order valence-corrected chi connectivity index (χ3v) is 4.08. The van der Waals surface area contributed by atoms with Gasteiger partial charge in [-0.05, 0) is 18.2 Å². The minimum Gasteiger partial charge on any atom is -0.477 e. The maximum absolute atomic E-state index is 11.7. The zero-order valence-corrected chi connectivity index (χ0v) is 13.7. The molecule has 0 saturated carbocycles. The number of nitrogens with zero attached hydrogens (tertiary/aromatic N) is 3. The average molecular weight is 355 g/mol. The normalized spacial score (nSPS) is 10.4. The highest BCUT2D eigenvalue weighted by molar-refractivity contribution is 7.12. The van der Waals surface area contributed by atoms with Gasteiger partial charge in [0.1, 0.15) is 16.2 Å². The van der Waals surface area contributed by atoms with Crippen LogP contribution in [0, 0.1) is 0 Å². The molecular weight excluding hydrogens is 342 g/mol. The number of hydrogen-bond acceptors (Lipinski definition) is 6. The fraction of sp³-hybridized carbons (Fsp3) is 0.0625. The van der Waals surface area contributed by atoms with Crippen LogP contribution in [0.4, 0.5) is 10.6 Å². The summed E-state index contributed by atoms with van der Waals surface area (Å²) in [6.45, 7) is 3.86. The van der Waals surface area contributed by atoms with Crippen molar-refractivity contribution in [3.05, 3.63) is 47.3 Å². The van der Waals surface area contributed by atoms with Gasteiger partial charge >= 0.3 is 12.0 Å². The van der Waals surface area contributed by atoms with E-state index in [1.807, 2.05) is 0 Å². The van der Waals surface area contributed by atoms with Crippen LogP contribution in [0.3, 0.4) is 0 Å². The molecule has 8 nitrogen and oxygen atoms in total. The van der Waals surface area contributed by atoms with Crippen molar-refractivity contribution in [2.75, 3.05) is 11.9 Å². The van der Waals surface area contributed by atoms with Crippen LogP contribution >= 0.6 is 11.3 Å². The van der Waals surface area contributed by atoms with Crippen LogP contribution in [0.25, 0.3) is 22.4 Å². The number of thiophene rings is 1. The van der Waals surface area contributed by atoms with Gasteiger partial charge in [-0.3, -0.25) is 10.3 Å². The minimum atomic E-state index is -0.986. The van der Waals surface area contributed by atoms with Crippen LogP contribution < -0.4 is 10.6 Å². The number of nitrogens with one attached hydrogen (secondary N) is 2. The van der Waals surface area contributed by atoms with Gasteiger partial charge in [0, 0.05) is 17.5 Å². The number of carbonyl (C=O) groups excluding carboxylic acids is 1. The Balaban J connectivity index is 1.88. The number of amides is 2. The molecular formula is C16H13N5O3S. The molecule has 3 N–H and O–H groups in total. The zero-order valence-electron chi connectivity index (χ0n) is 12.9. The number of aromatic nitrogens is 3. The van der Waals surface area contributed by atoms with Gasteiger partial charge in [0.15, 0.2) is 5.65 Å². The topological polar surface area (TPSA) is 117 Å². The molecule has 0 spiro atoms. The molecule has 0 bridgehead atoms. The van der Waals surface area contributed by atoms with Crippen molar-refractivity contribution < 1.29 is 14.7 Å². The smallest absolute Gasteiger partial charge is 0.345 e. The molecule has 0 aliphatic rings. The monoisotopic (exact) mass is 355 g/mol. The first-order valence-corrected chi connectivity index (χ1v) is 8.06. The highest BCUT2D eigenvalue weighted by Crippen LogP contribution is 2.25. The van der Waals surface area contributed by atoms with Crippen LogP contribution in [0.2, 0.25) is 0 Å². The summed E-state index contributed by atoms with van der Waals surface area (Å²) in [6, 6.07) is 4.45. The van der Waals surface area contributed by atoms with Crippen LogP contribution in [0.15, 0.2) is 42.4 Å². The van der Waals surface area contributed by atoms with Crippen molar-refractivity contribution in [1.82, 2.24) is 20.3 Å². The van der Waals surface area contributed by atoms with E-state index in [1.165, 1.54) is 6.07 Å². The summed E-state index contributed by atoms with van der Waals surface area (Å²) in [5, 5.41) is 15.9. The standard InChI is InChI=1S/C16H13N5O3S/c1-2-5-17-16(24)21-13-4-3-10-14(20-13)19-11(7-18-10)9-6-12(15(22)23)25-8-9/h2-4,6-8H,1,5H2,(H,22,23)(H2,17,19,20,21,24). The summed E-state index contributed by atoms with van der Waals surface area (Å²) >= 11 is 1.12. The van der Waals surface area contributed by atoms with E-state index in [-0.39, 0.29) is 4.88 Å². The van der Waals surface area contributed by atoms with Crippen molar-refractivity contribution in [3.63, 3.8) is 0 Å². The molecule has 3 aromatic rings. The van der Waals surface area contributed by atoms with Gasteiger partial charge < -0.3 is 10.4 Å². The first kappa shape index (κ1) is 16.5. The molecule has 0 aliphatic heterocycles. The van der Waals surface area contributed by atoms with Gasteiger partial charge in [0.25, 0.3) is 0 Å². The number of carboxylic acid groups (broad SMARTS) is 1. The average Bonchev–Trinajstić information content (AvgIpc) is 3.10. The molecule has 0 saturated heterocycles. The first-order valence-electron chi connectivity index (χ1n) is 7.18. The van der Waals surface area contributed by atoms with Crippen molar-refractivity contribution in [3.8, 4) is 11.3 Å². The predicted octanol–water partition coefficient (Wildman–Crippen LogP) is 2.76. The number of carbonyl (C=O) groups is 2. The van der Waals surface area contributed by atoms with Crippen LogP contribution in [0.5, 0.6) is 0 Å². The molecule has 0 aliphatic carbocycles. The lowest BCUT2D eigenvalue weighted by atomic mass is 10.2. The second-order valence-electron chi connectivity index (χ2n) is 4.92. The largest absolute Gasteiger partial charge is 0.477 e. The van der Waals surface area contributed by atoms with E-state index in [2.05, 4.69) is 32.2 Å². The third kappa shape index (κ3) is 3.78.